The molecule has 1 amide bonds. The van der Waals surface area contributed by atoms with Gasteiger partial charge in [0.15, 0.2) is 0 Å². The van der Waals surface area contributed by atoms with E-state index in [0.29, 0.717) is 30.1 Å². The van der Waals surface area contributed by atoms with E-state index in [1.54, 1.807) is 22.4 Å². The molecule has 1 aromatic rings. The van der Waals surface area contributed by atoms with Crippen LogP contribution in [0.15, 0.2) is 21.7 Å². The maximum absolute atomic E-state index is 12.3. The minimum atomic E-state index is -3.45. The first-order valence-electron chi connectivity index (χ1n) is 7.95. The Hall–Kier alpha value is -0.960. The quantitative estimate of drug-likeness (QED) is 0.803. The molecule has 1 aliphatic rings. The molecule has 1 aromatic heterocycles. The maximum Gasteiger partial charge on any atom is 0.250 e. The minimum Gasteiger partial charge on any atom is -0.341 e. The van der Waals surface area contributed by atoms with Crippen LogP contribution in [-0.4, -0.2) is 44.4 Å². The summed E-state index contributed by atoms with van der Waals surface area (Å²) in [6, 6.07) is 2.71. The Morgan fingerprint density at radius 2 is 2.13 bits per heavy atom. The number of carbonyl (C=O) groups is 1. The van der Waals surface area contributed by atoms with Crippen LogP contribution in [0.5, 0.6) is 0 Å². The highest BCUT2D eigenvalue weighted by Gasteiger charge is 2.30. The number of likely N-dealkylation sites (tertiary alicyclic amines) is 1. The van der Waals surface area contributed by atoms with E-state index in [1.807, 2.05) is 13.8 Å². The molecule has 2 unspecified atom stereocenters. The number of hydrogen-bond acceptors (Lipinski definition) is 5. The molecule has 1 aliphatic heterocycles. The zero-order chi connectivity index (χ0) is 17.0. The SMILES string of the molecule is CCC(C)C(N)C(=O)N1CCC(NS(=O)(=O)c2cccs2)CC1. The van der Waals surface area contributed by atoms with Crippen LogP contribution < -0.4 is 10.5 Å². The van der Waals surface area contributed by atoms with Gasteiger partial charge in [-0.3, -0.25) is 4.79 Å². The van der Waals surface area contributed by atoms with Crippen molar-refractivity contribution in [2.24, 2.45) is 11.7 Å². The zero-order valence-electron chi connectivity index (χ0n) is 13.6. The molecular weight excluding hydrogens is 334 g/mol. The molecule has 1 saturated heterocycles. The Balaban J connectivity index is 1.88. The lowest BCUT2D eigenvalue weighted by Crippen LogP contribution is -2.52. The molecule has 2 heterocycles. The summed E-state index contributed by atoms with van der Waals surface area (Å²) in [6.45, 7) is 5.08. The number of thiophene rings is 1. The van der Waals surface area contributed by atoms with Gasteiger partial charge in [0.05, 0.1) is 6.04 Å². The molecule has 0 saturated carbocycles. The topological polar surface area (TPSA) is 92.5 Å². The smallest absolute Gasteiger partial charge is 0.250 e. The Labute approximate surface area is 142 Å². The van der Waals surface area contributed by atoms with Gasteiger partial charge in [-0.15, -0.1) is 11.3 Å². The molecule has 0 spiro atoms. The highest BCUT2D eigenvalue weighted by Crippen LogP contribution is 2.19. The van der Waals surface area contributed by atoms with Crippen LogP contribution in [0.2, 0.25) is 0 Å². The van der Waals surface area contributed by atoms with Crippen LogP contribution in [0, 0.1) is 5.92 Å². The van der Waals surface area contributed by atoms with Gasteiger partial charge in [-0.05, 0) is 30.2 Å². The number of piperidine rings is 1. The third-order valence-corrected chi connectivity index (χ3v) is 7.35. The van der Waals surface area contributed by atoms with Gasteiger partial charge in [-0.1, -0.05) is 26.3 Å². The van der Waals surface area contributed by atoms with Gasteiger partial charge in [-0.25, -0.2) is 13.1 Å². The molecule has 0 aliphatic carbocycles. The van der Waals surface area contributed by atoms with E-state index in [4.69, 9.17) is 5.73 Å². The molecule has 23 heavy (non-hydrogen) atoms. The normalized spacial score (nSPS) is 19.5. The Kier molecular flexibility index (Phi) is 6.19. The van der Waals surface area contributed by atoms with E-state index in [1.165, 1.54) is 11.3 Å². The van der Waals surface area contributed by atoms with Gasteiger partial charge >= 0.3 is 0 Å². The van der Waals surface area contributed by atoms with Crippen molar-refractivity contribution in [1.82, 2.24) is 9.62 Å². The molecule has 2 rings (SSSR count). The summed E-state index contributed by atoms with van der Waals surface area (Å²) in [5, 5.41) is 1.74. The van der Waals surface area contributed by atoms with Crippen molar-refractivity contribution in [2.45, 2.75) is 49.4 Å². The van der Waals surface area contributed by atoms with Crippen LogP contribution in [0.4, 0.5) is 0 Å². The van der Waals surface area contributed by atoms with Gasteiger partial charge in [0, 0.05) is 19.1 Å². The predicted octanol–water partition coefficient (Wildman–Crippen LogP) is 1.39. The molecule has 0 bridgehead atoms. The second kappa shape index (κ2) is 7.74. The Bertz CT molecular complexity index is 608. The number of sulfonamides is 1. The van der Waals surface area contributed by atoms with Crippen LogP contribution in [0.25, 0.3) is 0 Å². The molecule has 6 nitrogen and oxygen atoms in total. The largest absolute Gasteiger partial charge is 0.341 e. The monoisotopic (exact) mass is 359 g/mol. The second-order valence-corrected chi connectivity index (χ2v) is 8.95. The fourth-order valence-corrected chi connectivity index (χ4v) is 4.93. The molecule has 3 N–H and O–H groups in total. The average Bonchev–Trinajstić information content (AvgIpc) is 3.08. The second-order valence-electron chi connectivity index (χ2n) is 6.06. The number of amides is 1. The predicted molar refractivity (Wildman–Crippen MR) is 91.7 cm³/mol. The standard InChI is InChI=1S/C15H25N3O3S2/c1-3-11(2)14(16)15(19)18-8-6-12(7-9-18)17-23(20,21)13-5-4-10-22-13/h4-5,10-12,14,17H,3,6-9,16H2,1-2H3. The lowest BCUT2D eigenvalue weighted by molar-refractivity contribution is -0.134. The summed E-state index contributed by atoms with van der Waals surface area (Å²) in [7, 11) is -3.45. The van der Waals surface area contributed by atoms with Crippen molar-refractivity contribution in [2.75, 3.05) is 13.1 Å². The summed E-state index contributed by atoms with van der Waals surface area (Å²) >= 11 is 1.20. The summed E-state index contributed by atoms with van der Waals surface area (Å²) in [4.78, 5) is 14.1. The van der Waals surface area contributed by atoms with Gasteiger partial charge in [0.1, 0.15) is 4.21 Å². The molecule has 0 radical (unpaired) electrons. The summed E-state index contributed by atoms with van der Waals surface area (Å²) in [6.07, 6.45) is 2.09. The van der Waals surface area contributed by atoms with Crippen molar-refractivity contribution in [3.63, 3.8) is 0 Å². The first-order chi connectivity index (χ1) is 10.8. The van der Waals surface area contributed by atoms with Crippen molar-refractivity contribution >= 4 is 27.3 Å². The van der Waals surface area contributed by atoms with Gasteiger partial charge in [0.2, 0.25) is 15.9 Å². The number of rotatable bonds is 6. The van der Waals surface area contributed by atoms with E-state index >= 15 is 0 Å². The van der Waals surface area contributed by atoms with E-state index in [-0.39, 0.29) is 17.9 Å². The highest BCUT2D eigenvalue weighted by molar-refractivity contribution is 7.91. The number of nitrogens with zero attached hydrogens (tertiary/aromatic N) is 1. The van der Waals surface area contributed by atoms with Gasteiger partial charge in [-0.2, -0.15) is 0 Å². The van der Waals surface area contributed by atoms with Crippen molar-refractivity contribution < 1.29 is 13.2 Å². The number of nitrogens with two attached hydrogens (primary N) is 1. The maximum atomic E-state index is 12.3. The van der Waals surface area contributed by atoms with Crippen LogP contribution >= 0.6 is 11.3 Å². The Morgan fingerprint density at radius 3 is 2.65 bits per heavy atom. The zero-order valence-corrected chi connectivity index (χ0v) is 15.2. The van der Waals surface area contributed by atoms with E-state index in [9.17, 15) is 13.2 Å². The highest BCUT2D eigenvalue weighted by atomic mass is 32.2. The molecular formula is C15H25N3O3S2. The lowest BCUT2D eigenvalue weighted by Gasteiger charge is -2.34. The van der Waals surface area contributed by atoms with E-state index < -0.39 is 16.1 Å². The van der Waals surface area contributed by atoms with Crippen molar-refractivity contribution in [3.8, 4) is 0 Å². The number of carbonyl (C=O) groups excluding carboxylic acids is 1. The summed E-state index contributed by atoms with van der Waals surface area (Å²) < 4.78 is 27.5. The number of nitrogens with one attached hydrogen (secondary N) is 1. The van der Waals surface area contributed by atoms with E-state index in [0.717, 1.165) is 6.42 Å². The fourth-order valence-electron chi connectivity index (χ4n) is 2.62. The van der Waals surface area contributed by atoms with E-state index in [2.05, 4.69) is 4.72 Å². The molecule has 8 heteroatoms. The molecule has 2 atom stereocenters. The third kappa shape index (κ3) is 4.53. The third-order valence-electron chi connectivity index (χ3n) is 4.43. The molecule has 130 valence electrons. The van der Waals surface area contributed by atoms with Crippen molar-refractivity contribution in [1.29, 1.82) is 0 Å². The lowest BCUT2D eigenvalue weighted by atomic mass is 9.97. The number of hydrogen-bond donors (Lipinski definition) is 2. The first kappa shape index (κ1) is 18.4. The van der Waals surface area contributed by atoms with Gasteiger partial charge < -0.3 is 10.6 Å². The summed E-state index contributed by atoms with van der Waals surface area (Å²) in [5.41, 5.74) is 6.00. The van der Waals surface area contributed by atoms with Gasteiger partial charge in [0.25, 0.3) is 0 Å². The van der Waals surface area contributed by atoms with Crippen LogP contribution in [0.1, 0.15) is 33.1 Å². The van der Waals surface area contributed by atoms with Crippen LogP contribution in [0.3, 0.4) is 0 Å². The van der Waals surface area contributed by atoms with Crippen molar-refractivity contribution in [3.05, 3.63) is 17.5 Å². The molecule has 1 fully saturated rings. The van der Waals surface area contributed by atoms with Crippen LogP contribution in [-0.2, 0) is 14.8 Å². The minimum absolute atomic E-state index is 0.0288. The molecule has 0 aromatic carbocycles. The summed E-state index contributed by atoms with van der Waals surface area (Å²) in [5.74, 6) is 0.122. The fraction of sp³-hybridized carbons (Fsp3) is 0.667. The Morgan fingerprint density at radius 1 is 1.48 bits per heavy atom. The average molecular weight is 360 g/mol. The first-order valence-corrected chi connectivity index (χ1v) is 10.3.